The lowest BCUT2D eigenvalue weighted by atomic mass is 9.99. The summed E-state index contributed by atoms with van der Waals surface area (Å²) in [5.74, 6) is -0.580. The van der Waals surface area contributed by atoms with E-state index in [0.29, 0.717) is 12.8 Å². The fraction of sp³-hybridized carbons (Fsp3) is 0.943. The first-order chi connectivity index (χ1) is 29.0. The van der Waals surface area contributed by atoms with Crippen LogP contribution in [0.1, 0.15) is 290 Å². The first-order valence-electron chi connectivity index (χ1n) is 26.6. The van der Waals surface area contributed by atoms with E-state index in [1.54, 1.807) is 0 Å². The summed E-state index contributed by atoms with van der Waals surface area (Å²) in [4.78, 5) is 12.6. The highest BCUT2D eigenvalue weighted by molar-refractivity contribution is 5.80. The molecular formula is C53H105NO5. The maximum Gasteiger partial charge on any atom is 0.249 e. The third-order valence-electron chi connectivity index (χ3n) is 12.7. The van der Waals surface area contributed by atoms with Gasteiger partial charge in [0.05, 0.1) is 18.8 Å². The molecule has 0 aliphatic rings. The molecule has 0 aliphatic carbocycles. The Kier molecular flexibility index (Phi) is 47.3. The molecule has 0 saturated carbocycles. The quantitative estimate of drug-likeness (QED) is 0.0310. The van der Waals surface area contributed by atoms with Crippen molar-refractivity contribution in [2.75, 3.05) is 6.61 Å². The van der Waals surface area contributed by atoms with E-state index in [4.69, 9.17) is 0 Å². The molecule has 0 aromatic carbocycles. The lowest BCUT2D eigenvalue weighted by molar-refractivity contribution is -0.132. The lowest BCUT2D eigenvalue weighted by Crippen LogP contribution is -2.53. The summed E-state index contributed by atoms with van der Waals surface area (Å²) in [5, 5.41) is 43.9. The van der Waals surface area contributed by atoms with E-state index in [2.05, 4.69) is 31.3 Å². The van der Waals surface area contributed by atoms with Crippen LogP contribution in [0, 0.1) is 0 Å². The Balaban J connectivity index is 3.60. The molecule has 0 aromatic heterocycles. The Morgan fingerprint density at radius 3 is 0.983 bits per heavy atom. The molecule has 0 aromatic rings. The number of rotatable bonds is 49. The van der Waals surface area contributed by atoms with Crippen molar-refractivity contribution in [1.29, 1.82) is 0 Å². The smallest absolute Gasteiger partial charge is 0.249 e. The van der Waals surface area contributed by atoms with Crippen molar-refractivity contribution >= 4 is 5.91 Å². The second-order valence-electron chi connectivity index (χ2n) is 18.6. The fourth-order valence-electron chi connectivity index (χ4n) is 8.52. The number of nitrogens with one attached hydrogen (secondary N) is 1. The number of aliphatic hydroxyl groups excluding tert-OH is 4. The molecule has 0 fully saturated rings. The molecule has 0 aliphatic heterocycles. The molecule has 5 N–H and O–H groups in total. The SMILES string of the molecule is CCCCCCCCCCCCCC/C=C\CCCCCCCCCCCCCCC(O)C(=O)NC(CO)C(O)C(O)CCCCCCCCCCCCCCCCC. The molecule has 6 nitrogen and oxygen atoms in total. The first kappa shape index (κ1) is 58.0. The summed E-state index contributed by atoms with van der Waals surface area (Å²) in [5.41, 5.74) is 0. The maximum absolute atomic E-state index is 12.6. The molecule has 0 bridgehead atoms. The topological polar surface area (TPSA) is 110 Å². The van der Waals surface area contributed by atoms with Gasteiger partial charge in [-0.1, -0.05) is 264 Å². The van der Waals surface area contributed by atoms with Crippen molar-refractivity contribution in [3.05, 3.63) is 12.2 Å². The van der Waals surface area contributed by atoms with E-state index in [-0.39, 0.29) is 0 Å². The van der Waals surface area contributed by atoms with E-state index in [1.807, 2.05) is 0 Å². The summed E-state index contributed by atoms with van der Waals surface area (Å²) in [6.45, 7) is 4.08. The lowest BCUT2D eigenvalue weighted by Gasteiger charge is -2.27. The highest BCUT2D eigenvalue weighted by Gasteiger charge is 2.28. The van der Waals surface area contributed by atoms with Crippen molar-refractivity contribution in [3.8, 4) is 0 Å². The molecule has 59 heavy (non-hydrogen) atoms. The van der Waals surface area contributed by atoms with E-state index in [0.717, 1.165) is 38.5 Å². The van der Waals surface area contributed by atoms with Crippen LogP contribution in [0.2, 0.25) is 0 Å². The van der Waals surface area contributed by atoms with E-state index >= 15 is 0 Å². The van der Waals surface area contributed by atoms with Crippen LogP contribution in [0.3, 0.4) is 0 Å². The molecule has 352 valence electrons. The van der Waals surface area contributed by atoms with Crippen LogP contribution in [0.5, 0.6) is 0 Å². The Labute approximate surface area is 368 Å². The van der Waals surface area contributed by atoms with E-state index < -0.39 is 36.9 Å². The number of aliphatic hydroxyl groups is 4. The van der Waals surface area contributed by atoms with Crippen molar-refractivity contribution in [1.82, 2.24) is 5.32 Å². The molecule has 0 spiro atoms. The van der Waals surface area contributed by atoms with Crippen LogP contribution in [0.25, 0.3) is 0 Å². The van der Waals surface area contributed by atoms with Gasteiger partial charge in [0.1, 0.15) is 12.2 Å². The van der Waals surface area contributed by atoms with Gasteiger partial charge >= 0.3 is 0 Å². The van der Waals surface area contributed by atoms with Gasteiger partial charge in [-0.3, -0.25) is 4.79 Å². The summed E-state index contributed by atoms with van der Waals surface area (Å²) in [6.07, 6.45) is 55.5. The predicted molar refractivity (Wildman–Crippen MR) is 256 cm³/mol. The van der Waals surface area contributed by atoms with Gasteiger partial charge in [-0.05, 0) is 38.5 Å². The normalized spacial score (nSPS) is 13.9. The van der Waals surface area contributed by atoms with Crippen LogP contribution in [-0.2, 0) is 4.79 Å². The Hall–Kier alpha value is -0.950. The van der Waals surface area contributed by atoms with Gasteiger partial charge in [-0.15, -0.1) is 0 Å². The third kappa shape index (κ3) is 42.1. The van der Waals surface area contributed by atoms with Crippen molar-refractivity contribution in [3.63, 3.8) is 0 Å². The first-order valence-corrected chi connectivity index (χ1v) is 26.6. The maximum atomic E-state index is 12.6. The zero-order valence-electron chi connectivity index (χ0n) is 39.8. The molecule has 4 unspecified atom stereocenters. The summed E-state index contributed by atoms with van der Waals surface area (Å²) < 4.78 is 0. The largest absolute Gasteiger partial charge is 0.394 e. The van der Waals surface area contributed by atoms with Crippen molar-refractivity contribution in [2.45, 2.75) is 314 Å². The van der Waals surface area contributed by atoms with Crippen molar-refractivity contribution < 1.29 is 25.2 Å². The molecule has 0 saturated heterocycles. The number of unbranched alkanes of at least 4 members (excludes halogenated alkanes) is 38. The Bertz CT molecular complexity index is 852. The molecule has 4 atom stereocenters. The monoisotopic (exact) mass is 836 g/mol. The number of carbonyl (C=O) groups excluding carboxylic acids is 1. The summed E-state index contributed by atoms with van der Waals surface area (Å²) >= 11 is 0. The minimum Gasteiger partial charge on any atom is -0.394 e. The second-order valence-corrected chi connectivity index (χ2v) is 18.6. The van der Waals surface area contributed by atoms with Crippen LogP contribution in [0.15, 0.2) is 12.2 Å². The standard InChI is InChI=1S/C53H105NO5/c1-3-5-7-9-11-13-15-17-19-20-21-22-23-24-25-26-27-28-29-30-31-33-35-37-39-41-43-45-47-51(57)53(59)54-49(48-55)52(58)50(56)46-44-42-40-38-36-34-32-18-16-14-12-10-8-6-4-2/h24-25,49-52,55-58H,3-23,26-48H2,1-2H3,(H,54,59)/b25-24-. The average molecular weight is 836 g/mol. The molecule has 0 rings (SSSR count). The van der Waals surface area contributed by atoms with Crippen LogP contribution in [0.4, 0.5) is 0 Å². The summed E-state index contributed by atoms with van der Waals surface area (Å²) in [6, 6.07) is -0.982. The Morgan fingerprint density at radius 1 is 0.407 bits per heavy atom. The minimum absolute atomic E-state index is 0.372. The molecular weight excluding hydrogens is 731 g/mol. The number of allylic oxidation sites excluding steroid dienone is 2. The number of carbonyl (C=O) groups is 1. The number of hydrogen-bond acceptors (Lipinski definition) is 5. The van der Waals surface area contributed by atoms with Crippen LogP contribution in [-0.4, -0.2) is 57.3 Å². The molecule has 0 radical (unpaired) electrons. The van der Waals surface area contributed by atoms with Gasteiger partial charge in [0, 0.05) is 0 Å². The highest BCUT2D eigenvalue weighted by Crippen LogP contribution is 2.18. The van der Waals surface area contributed by atoms with Gasteiger partial charge in [0.25, 0.3) is 0 Å². The molecule has 6 heteroatoms. The average Bonchev–Trinajstić information content (AvgIpc) is 3.24. The van der Waals surface area contributed by atoms with Crippen LogP contribution < -0.4 is 5.32 Å². The predicted octanol–water partition coefficient (Wildman–Crippen LogP) is 14.9. The zero-order valence-corrected chi connectivity index (χ0v) is 39.8. The van der Waals surface area contributed by atoms with Gasteiger partial charge in [0.2, 0.25) is 5.91 Å². The Morgan fingerprint density at radius 2 is 0.678 bits per heavy atom. The number of hydrogen-bond donors (Lipinski definition) is 5. The number of amides is 1. The van der Waals surface area contributed by atoms with Gasteiger partial charge in [-0.2, -0.15) is 0 Å². The summed E-state index contributed by atoms with van der Waals surface area (Å²) in [7, 11) is 0. The van der Waals surface area contributed by atoms with Gasteiger partial charge in [-0.25, -0.2) is 0 Å². The van der Waals surface area contributed by atoms with E-state index in [9.17, 15) is 25.2 Å². The highest BCUT2D eigenvalue weighted by atomic mass is 16.3. The van der Waals surface area contributed by atoms with Gasteiger partial charge in [0.15, 0.2) is 0 Å². The molecule has 1 amide bonds. The van der Waals surface area contributed by atoms with Crippen LogP contribution >= 0.6 is 0 Å². The fourth-order valence-corrected chi connectivity index (χ4v) is 8.52. The van der Waals surface area contributed by atoms with E-state index in [1.165, 1.54) is 225 Å². The second kappa shape index (κ2) is 48.1. The van der Waals surface area contributed by atoms with Gasteiger partial charge < -0.3 is 25.7 Å². The third-order valence-corrected chi connectivity index (χ3v) is 12.7. The molecule has 0 heterocycles. The van der Waals surface area contributed by atoms with Crippen molar-refractivity contribution in [2.24, 2.45) is 0 Å². The zero-order chi connectivity index (χ0) is 43.1. The minimum atomic E-state index is -1.26.